The van der Waals surface area contributed by atoms with Gasteiger partial charge in [-0.05, 0) is 19.9 Å². The quantitative estimate of drug-likeness (QED) is 0.812. The third-order valence-corrected chi connectivity index (χ3v) is 2.58. The Morgan fingerprint density at radius 3 is 2.67 bits per heavy atom. The van der Waals surface area contributed by atoms with Crippen LogP contribution in [0.1, 0.15) is 11.4 Å². The molecule has 0 aliphatic carbocycles. The number of nitrogen functional groups attached to an aromatic ring is 1. The number of nitrogens with zero attached hydrogens (tertiary/aromatic N) is 4. The van der Waals surface area contributed by atoms with Crippen LogP contribution in [0, 0.1) is 13.8 Å². The molecule has 0 saturated carbocycles. The minimum atomic E-state index is 0.563. The van der Waals surface area contributed by atoms with Crippen molar-refractivity contribution in [2.24, 2.45) is 0 Å². The van der Waals surface area contributed by atoms with Gasteiger partial charge in [-0.1, -0.05) is 0 Å². The molecule has 0 fully saturated rings. The van der Waals surface area contributed by atoms with Gasteiger partial charge in [0.1, 0.15) is 5.82 Å². The van der Waals surface area contributed by atoms with Crippen molar-refractivity contribution in [2.75, 3.05) is 5.73 Å². The molecule has 0 aliphatic heterocycles. The second-order valence-electron chi connectivity index (χ2n) is 3.61. The maximum Gasteiger partial charge on any atom is 0.145 e. The van der Waals surface area contributed by atoms with Crippen molar-refractivity contribution in [3.8, 4) is 0 Å². The predicted molar refractivity (Wildman–Crippen MR) is 58.3 cm³/mol. The van der Waals surface area contributed by atoms with Crippen LogP contribution in [0.4, 0.5) is 5.82 Å². The fourth-order valence-corrected chi connectivity index (χ4v) is 1.48. The summed E-state index contributed by atoms with van der Waals surface area (Å²) in [6, 6.07) is 1.80. The van der Waals surface area contributed by atoms with Crippen LogP contribution in [0.2, 0.25) is 0 Å². The monoisotopic (exact) mass is 205 g/mol. The number of aromatic nitrogens is 4. The molecule has 2 heterocycles. The molecule has 0 unspecified atom stereocenters. The summed E-state index contributed by atoms with van der Waals surface area (Å²) < 4.78 is 3.96. The molecule has 2 aromatic heterocycles. The maximum atomic E-state index is 5.53. The Morgan fingerprint density at radius 1 is 1.33 bits per heavy atom. The number of anilines is 1. The Bertz CT molecular complexity index is 454. The van der Waals surface area contributed by atoms with Crippen molar-refractivity contribution in [3.63, 3.8) is 0 Å². The zero-order chi connectivity index (χ0) is 10.8. The van der Waals surface area contributed by atoms with Crippen LogP contribution in [-0.4, -0.2) is 19.3 Å². The lowest BCUT2D eigenvalue weighted by Gasteiger charge is -2.05. The molecule has 2 rings (SSSR count). The second kappa shape index (κ2) is 3.76. The van der Waals surface area contributed by atoms with E-state index in [1.54, 1.807) is 6.07 Å². The van der Waals surface area contributed by atoms with Crippen molar-refractivity contribution in [3.05, 3.63) is 30.0 Å². The Kier molecular flexibility index (Phi) is 2.45. The largest absolute Gasteiger partial charge is 0.382 e. The van der Waals surface area contributed by atoms with Crippen molar-refractivity contribution in [1.82, 2.24) is 19.3 Å². The van der Waals surface area contributed by atoms with Gasteiger partial charge in [-0.25, -0.2) is 4.98 Å². The molecule has 0 amide bonds. The molecule has 80 valence electrons. The molecule has 5 nitrogen and oxygen atoms in total. The lowest BCUT2D eigenvalue weighted by atomic mass is 10.4. The molecule has 0 radical (unpaired) electrons. The van der Waals surface area contributed by atoms with Crippen LogP contribution in [0.15, 0.2) is 18.6 Å². The van der Waals surface area contributed by atoms with E-state index in [9.17, 15) is 0 Å². The summed E-state index contributed by atoms with van der Waals surface area (Å²) >= 11 is 0. The summed E-state index contributed by atoms with van der Waals surface area (Å²) in [6.45, 7) is 5.76. The summed E-state index contributed by atoms with van der Waals surface area (Å²) in [6.07, 6.45) is 3.74. The summed E-state index contributed by atoms with van der Waals surface area (Å²) in [5.74, 6) is 0.563. The topological polar surface area (TPSA) is 61.7 Å². The average molecular weight is 205 g/mol. The molecule has 15 heavy (non-hydrogen) atoms. The number of hydrogen-bond acceptors (Lipinski definition) is 3. The van der Waals surface area contributed by atoms with Gasteiger partial charge in [0.25, 0.3) is 0 Å². The van der Waals surface area contributed by atoms with Crippen molar-refractivity contribution in [2.45, 2.75) is 26.9 Å². The van der Waals surface area contributed by atoms with Gasteiger partial charge in [0.15, 0.2) is 0 Å². The SMILES string of the molecule is Cc1ncn(CCn2ccc(N)n2)c1C. The molecule has 0 aromatic carbocycles. The van der Waals surface area contributed by atoms with E-state index < -0.39 is 0 Å². The Hall–Kier alpha value is -1.78. The van der Waals surface area contributed by atoms with E-state index in [-0.39, 0.29) is 0 Å². The highest BCUT2D eigenvalue weighted by Gasteiger charge is 2.01. The minimum absolute atomic E-state index is 0.563. The Morgan fingerprint density at radius 2 is 2.13 bits per heavy atom. The van der Waals surface area contributed by atoms with Crippen LogP contribution in [0.3, 0.4) is 0 Å². The molecular formula is C10H15N5. The molecule has 2 aromatic rings. The normalized spacial score (nSPS) is 10.8. The molecule has 0 aliphatic rings. The first-order valence-corrected chi connectivity index (χ1v) is 4.94. The van der Waals surface area contributed by atoms with Gasteiger partial charge in [-0.3, -0.25) is 4.68 Å². The van der Waals surface area contributed by atoms with Gasteiger partial charge < -0.3 is 10.3 Å². The standard InChI is InChI=1S/C10H15N5/c1-8-9(2)14(7-12-8)5-6-15-4-3-10(11)13-15/h3-4,7H,5-6H2,1-2H3,(H2,11,13). The minimum Gasteiger partial charge on any atom is -0.382 e. The third kappa shape index (κ3) is 2.01. The zero-order valence-electron chi connectivity index (χ0n) is 9.01. The molecule has 0 saturated heterocycles. The number of hydrogen-bond donors (Lipinski definition) is 1. The Labute approximate surface area is 88.5 Å². The van der Waals surface area contributed by atoms with E-state index >= 15 is 0 Å². The van der Waals surface area contributed by atoms with Gasteiger partial charge in [-0.15, -0.1) is 0 Å². The average Bonchev–Trinajstić information content (AvgIpc) is 2.74. The van der Waals surface area contributed by atoms with E-state index in [1.165, 1.54) is 5.69 Å². The number of imidazole rings is 1. The first kappa shape index (κ1) is 9.76. The van der Waals surface area contributed by atoms with Crippen LogP contribution in [-0.2, 0) is 13.1 Å². The second-order valence-corrected chi connectivity index (χ2v) is 3.61. The van der Waals surface area contributed by atoms with E-state index in [0.717, 1.165) is 18.8 Å². The molecular weight excluding hydrogens is 190 g/mol. The van der Waals surface area contributed by atoms with Gasteiger partial charge in [0.2, 0.25) is 0 Å². The van der Waals surface area contributed by atoms with E-state index in [2.05, 4.69) is 21.6 Å². The summed E-state index contributed by atoms with van der Waals surface area (Å²) in [5, 5.41) is 4.12. The highest BCUT2D eigenvalue weighted by molar-refractivity contribution is 5.23. The number of aryl methyl sites for hydroxylation is 3. The first-order valence-electron chi connectivity index (χ1n) is 4.94. The molecule has 0 spiro atoms. The van der Waals surface area contributed by atoms with Crippen molar-refractivity contribution >= 4 is 5.82 Å². The van der Waals surface area contributed by atoms with Crippen LogP contribution < -0.4 is 5.73 Å². The third-order valence-electron chi connectivity index (χ3n) is 2.58. The van der Waals surface area contributed by atoms with Gasteiger partial charge in [0.05, 0.1) is 18.6 Å². The summed E-state index contributed by atoms with van der Waals surface area (Å²) in [7, 11) is 0. The van der Waals surface area contributed by atoms with Crippen molar-refractivity contribution in [1.29, 1.82) is 0 Å². The van der Waals surface area contributed by atoms with E-state index in [4.69, 9.17) is 5.73 Å². The van der Waals surface area contributed by atoms with E-state index in [0.29, 0.717) is 5.82 Å². The lowest BCUT2D eigenvalue weighted by Crippen LogP contribution is -2.08. The highest BCUT2D eigenvalue weighted by atomic mass is 15.3. The number of nitrogens with two attached hydrogens (primary N) is 1. The molecule has 2 N–H and O–H groups in total. The number of rotatable bonds is 3. The van der Waals surface area contributed by atoms with E-state index in [1.807, 2.05) is 24.1 Å². The van der Waals surface area contributed by atoms with Crippen LogP contribution >= 0.6 is 0 Å². The highest BCUT2D eigenvalue weighted by Crippen LogP contribution is 2.04. The fraction of sp³-hybridized carbons (Fsp3) is 0.400. The Balaban J connectivity index is 2.02. The summed E-state index contributed by atoms with van der Waals surface area (Å²) in [4.78, 5) is 4.24. The predicted octanol–water partition coefficient (Wildman–Crippen LogP) is 0.979. The summed E-state index contributed by atoms with van der Waals surface area (Å²) in [5.41, 5.74) is 7.81. The van der Waals surface area contributed by atoms with Crippen LogP contribution in [0.25, 0.3) is 0 Å². The maximum absolute atomic E-state index is 5.53. The van der Waals surface area contributed by atoms with Gasteiger partial charge in [0, 0.05) is 18.4 Å². The van der Waals surface area contributed by atoms with Crippen LogP contribution in [0.5, 0.6) is 0 Å². The fourth-order valence-electron chi connectivity index (χ4n) is 1.48. The molecule has 0 bridgehead atoms. The smallest absolute Gasteiger partial charge is 0.145 e. The zero-order valence-corrected chi connectivity index (χ0v) is 9.01. The molecule has 5 heteroatoms. The van der Waals surface area contributed by atoms with Gasteiger partial charge >= 0.3 is 0 Å². The van der Waals surface area contributed by atoms with Crippen molar-refractivity contribution < 1.29 is 0 Å². The lowest BCUT2D eigenvalue weighted by molar-refractivity contribution is 0.528. The molecule has 0 atom stereocenters. The van der Waals surface area contributed by atoms with Gasteiger partial charge in [-0.2, -0.15) is 5.10 Å². The first-order chi connectivity index (χ1) is 7.16.